The first kappa shape index (κ1) is 22.3. The normalized spacial score (nSPS) is 32.5. The summed E-state index contributed by atoms with van der Waals surface area (Å²) < 4.78 is 23.4. The molecule has 3 saturated heterocycles. The first-order valence-electron chi connectivity index (χ1n) is 11.3. The SMILES string of the molecule is C[C@H](c1cccc(S(N)(=O)=O)c1)N1C(=O)[C@@H]2CC1CN2C[C@H](N)C(=O)N1[C@H](C#N)C[C@@H]2C[C@@H]21. The monoisotopic (exact) mass is 472 g/mol. The van der Waals surface area contributed by atoms with Gasteiger partial charge in [0.1, 0.15) is 6.04 Å². The van der Waals surface area contributed by atoms with E-state index in [1.807, 2.05) is 11.8 Å². The van der Waals surface area contributed by atoms with Crippen LogP contribution >= 0.6 is 0 Å². The molecule has 4 N–H and O–H groups in total. The van der Waals surface area contributed by atoms with Gasteiger partial charge in [-0.1, -0.05) is 12.1 Å². The van der Waals surface area contributed by atoms with Crippen LogP contribution < -0.4 is 10.9 Å². The van der Waals surface area contributed by atoms with E-state index in [0.717, 1.165) is 12.8 Å². The minimum atomic E-state index is -3.83. The third-order valence-corrected chi connectivity index (χ3v) is 8.57. The highest BCUT2D eigenvalue weighted by Crippen LogP contribution is 2.48. The van der Waals surface area contributed by atoms with E-state index < -0.39 is 22.1 Å². The molecule has 1 unspecified atom stereocenters. The molecule has 1 aromatic rings. The number of likely N-dealkylation sites (tertiary alicyclic amines) is 3. The zero-order valence-electron chi connectivity index (χ0n) is 18.4. The Bertz CT molecular complexity index is 1150. The lowest BCUT2D eigenvalue weighted by Crippen LogP contribution is -2.57. The molecule has 0 aromatic heterocycles. The van der Waals surface area contributed by atoms with E-state index in [1.54, 1.807) is 21.9 Å². The maximum atomic E-state index is 13.2. The van der Waals surface area contributed by atoms with Crippen molar-refractivity contribution >= 4 is 21.8 Å². The van der Waals surface area contributed by atoms with Crippen molar-refractivity contribution in [2.45, 2.75) is 67.3 Å². The van der Waals surface area contributed by atoms with Gasteiger partial charge in [0.15, 0.2) is 0 Å². The average molecular weight is 473 g/mol. The van der Waals surface area contributed by atoms with Crippen LogP contribution in [0.3, 0.4) is 0 Å². The van der Waals surface area contributed by atoms with Gasteiger partial charge in [-0.05, 0) is 49.8 Å². The molecule has 33 heavy (non-hydrogen) atoms. The fourth-order valence-electron chi connectivity index (χ4n) is 5.92. The molecule has 4 aliphatic rings. The number of primary sulfonamides is 1. The van der Waals surface area contributed by atoms with Crippen LogP contribution in [0.5, 0.6) is 0 Å². The number of nitrogens with two attached hydrogens (primary N) is 2. The molecule has 3 heterocycles. The number of piperidine rings is 1. The number of nitriles is 1. The van der Waals surface area contributed by atoms with Gasteiger partial charge in [0.2, 0.25) is 21.8 Å². The summed E-state index contributed by atoms with van der Waals surface area (Å²) in [5.41, 5.74) is 6.96. The summed E-state index contributed by atoms with van der Waals surface area (Å²) in [5.74, 6) is 0.183. The first-order valence-corrected chi connectivity index (χ1v) is 12.8. The largest absolute Gasteiger partial charge is 0.330 e. The van der Waals surface area contributed by atoms with Crippen molar-refractivity contribution in [1.82, 2.24) is 14.7 Å². The number of fused-ring (bicyclic) bond motifs is 3. The quantitative estimate of drug-likeness (QED) is 0.567. The van der Waals surface area contributed by atoms with Gasteiger partial charge in [0.05, 0.1) is 29.1 Å². The van der Waals surface area contributed by atoms with Gasteiger partial charge >= 0.3 is 0 Å². The Morgan fingerprint density at radius 3 is 2.73 bits per heavy atom. The Balaban J connectivity index is 1.25. The number of sulfonamides is 1. The van der Waals surface area contributed by atoms with E-state index >= 15 is 0 Å². The minimum absolute atomic E-state index is 0.0188. The fourth-order valence-corrected chi connectivity index (χ4v) is 6.49. The molecule has 10 nitrogen and oxygen atoms in total. The molecule has 2 bridgehead atoms. The Morgan fingerprint density at radius 2 is 2.06 bits per heavy atom. The van der Waals surface area contributed by atoms with Crippen LogP contribution in [-0.4, -0.2) is 78.2 Å². The van der Waals surface area contributed by atoms with Gasteiger partial charge in [0.25, 0.3) is 0 Å². The molecule has 1 aromatic carbocycles. The van der Waals surface area contributed by atoms with E-state index in [9.17, 15) is 23.3 Å². The number of carbonyl (C=O) groups is 2. The topological polar surface area (TPSA) is 154 Å². The van der Waals surface area contributed by atoms with Crippen LogP contribution in [0.4, 0.5) is 0 Å². The maximum absolute atomic E-state index is 13.2. The second kappa shape index (κ2) is 7.77. The Kier molecular flexibility index (Phi) is 5.25. The lowest BCUT2D eigenvalue weighted by atomic mass is 10.1. The number of amides is 2. The molecule has 0 spiro atoms. The molecule has 3 aliphatic heterocycles. The summed E-state index contributed by atoms with van der Waals surface area (Å²) in [6.45, 7) is 2.76. The van der Waals surface area contributed by atoms with Crippen molar-refractivity contribution in [3.8, 4) is 6.07 Å². The Morgan fingerprint density at radius 1 is 1.30 bits per heavy atom. The number of piperazine rings is 1. The molecular formula is C22H28N6O4S. The van der Waals surface area contributed by atoms with E-state index in [-0.39, 0.29) is 47.4 Å². The predicted octanol–water partition coefficient (Wildman–Crippen LogP) is -0.480. The third kappa shape index (κ3) is 3.71. The summed E-state index contributed by atoms with van der Waals surface area (Å²) >= 11 is 0. The lowest BCUT2D eigenvalue weighted by Gasteiger charge is -2.38. The number of rotatable bonds is 6. The standard InChI is InChI=1S/C22H28N6O4S/c1-12(13-3-2-4-17(6-13)33(25,31)32)27-16-8-20(22(27)30)26(10-16)11-18(24)21(29)28-15(9-23)5-14-7-19(14)28/h2-4,6,12,14-16,18-20H,5,7-8,10-11,24H2,1H3,(H2,25,31,32)/t12-,14-,15+,16?,18+,19+,20+/m1/s1. The first-order chi connectivity index (χ1) is 15.6. The highest BCUT2D eigenvalue weighted by atomic mass is 32.2. The van der Waals surface area contributed by atoms with E-state index in [2.05, 4.69) is 6.07 Å². The van der Waals surface area contributed by atoms with Crippen LogP contribution in [0.15, 0.2) is 29.2 Å². The molecule has 4 fully saturated rings. The van der Waals surface area contributed by atoms with Gasteiger partial charge in [-0.2, -0.15) is 5.26 Å². The fraction of sp³-hybridized carbons (Fsp3) is 0.591. The van der Waals surface area contributed by atoms with E-state index in [1.165, 1.54) is 12.1 Å². The molecular weight excluding hydrogens is 444 g/mol. The van der Waals surface area contributed by atoms with Crippen LogP contribution in [0.1, 0.15) is 37.8 Å². The molecule has 7 atom stereocenters. The zero-order chi connectivity index (χ0) is 23.7. The second-order valence-corrected chi connectivity index (χ2v) is 11.3. The summed E-state index contributed by atoms with van der Waals surface area (Å²) in [7, 11) is -3.83. The number of nitrogens with zero attached hydrogens (tertiary/aromatic N) is 4. The molecule has 176 valence electrons. The van der Waals surface area contributed by atoms with Crippen molar-refractivity contribution < 1.29 is 18.0 Å². The maximum Gasteiger partial charge on any atom is 0.242 e. The van der Waals surface area contributed by atoms with Crippen molar-refractivity contribution in [3.05, 3.63) is 29.8 Å². The summed E-state index contributed by atoms with van der Waals surface area (Å²) in [6, 6.07) is 6.86. The molecule has 1 saturated carbocycles. The highest BCUT2D eigenvalue weighted by molar-refractivity contribution is 7.89. The Labute approximate surface area is 193 Å². The molecule has 2 amide bonds. The van der Waals surface area contributed by atoms with E-state index in [0.29, 0.717) is 24.4 Å². The number of hydrogen-bond donors (Lipinski definition) is 2. The second-order valence-electron chi connectivity index (χ2n) is 9.69. The van der Waals surface area contributed by atoms with Gasteiger partial charge < -0.3 is 15.5 Å². The third-order valence-electron chi connectivity index (χ3n) is 7.66. The number of carbonyl (C=O) groups excluding carboxylic acids is 2. The predicted molar refractivity (Wildman–Crippen MR) is 118 cm³/mol. The summed E-state index contributed by atoms with van der Waals surface area (Å²) in [5, 5.41) is 14.6. The minimum Gasteiger partial charge on any atom is -0.330 e. The number of benzene rings is 1. The highest BCUT2D eigenvalue weighted by Gasteiger charge is 2.56. The van der Waals surface area contributed by atoms with Crippen molar-refractivity contribution in [1.29, 1.82) is 5.26 Å². The van der Waals surface area contributed by atoms with E-state index in [4.69, 9.17) is 10.9 Å². The Hall–Kier alpha value is -2.52. The summed E-state index contributed by atoms with van der Waals surface area (Å²) in [6.07, 6.45) is 2.32. The van der Waals surface area contributed by atoms with Gasteiger partial charge in [0, 0.05) is 25.2 Å². The van der Waals surface area contributed by atoms with Crippen LogP contribution in [0, 0.1) is 17.2 Å². The van der Waals surface area contributed by atoms with Crippen molar-refractivity contribution in [2.75, 3.05) is 13.1 Å². The van der Waals surface area contributed by atoms with Crippen LogP contribution in [0.25, 0.3) is 0 Å². The smallest absolute Gasteiger partial charge is 0.242 e. The van der Waals surface area contributed by atoms with Crippen LogP contribution in [0.2, 0.25) is 0 Å². The van der Waals surface area contributed by atoms with Gasteiger partial charge in [-0.15, -0.1) is 0 Å². The zero-order valence-corrected chi connectivity index (χ0v) is 19.2. The lowest BCUT2D eigenvalue weighted by molar-refractivity contribution is -0.141. The van der Waals surface area contributed by atoms with Crippen molar-refractivity contribution in [3.63, 3.8) is 0 Å². The van der Waals surface area contributed by atoms with Gasteiger partial charge in [-0.25, -0.2) is 13.6 Å². The van der Waals surface area contributed by atoms with Gasteiger partial charge in [-0.3, -0.25) is 14.5 Å². The molecule has 11 heteroatoms. The molecule has 5 rings (SSSR count). The van der Waals surface area contributed by atoms with Crippen LogP contribution in [-0.2, 0) is 19.6 Å². The average Bonchev–Trinajstić information content (AvgIpc) is 3.11. The van der Waals surface area contributed by atoms with Crippen molar-refractivity contribution in [2.24, 2.45) is 16.8 Å². The molecule has 1 aliphatic carbocycles. The number of hydrogen-bond acceptors (Lipinski definition) is 7. The molecule has 0 radical (unpaired) electrons. The summed E-state index contributed by atoms with van der Waals surface area (Å²) in [4.78, 5) is 31.6.